The van der Waals surface area contributed by atoms with E-state index in [1.54, 1.807) is 7.05 Å². The Morgan fingerprint density at radius 3 is 2.55 bits per heavy atom. The van der Waals surface area contributed by atoms with Crippen molar-refractivity contribution in [3.63, 3.8) is 0 Å². The lowest BCUT2D eigenvalue weighted by Gasteiger charge is -2.38. The Morgan fingerprint density at radius 2 is 1.76 bits per heavy atom. The van der Waals surface area contributed by atoms with Crippen LogP contribution in [0.15, 0.2) is 77.6 Å². The van der Waals surface area contributed by atoms with Crippen molar-refractivity contribution in [2.75, 3.05) is 25.6 Å². The topological polar surface area (TPSA) is 68.7 Å². The molecule has 3 amide bonds. The molecule has 1 fully saturated rings. The molecular formula is C25H25N5O3. The van der Waals surface area contributed by atoms with E-state index in [1.165, 1.54) is 11.9 Å². The Balaban J connectivity index is 1.40. The zero-order chi connectivity index (χ0) is 23.1. The van der Waals surface area contributed by atoms with Crippen LogP contribution in [0.5, 0.6) is 5.75 Å². The van der Waals surface area contributed by atoms with E-state index in [1.807, 2.05) is 89.7 Å². The number of benzene rings is 2. The molecule has 3 aliphatic heterocycles. The van der Waals surface area contributed by atoms with Crippen LogP contribution in [0.25, 0.3) is 6.08 Å². The Morgan fingerprint density at radius 1 is 1.03 bits per heavy atom. The molecule has 3 heterocycles. The van der Waals surface area contributed by atoms with Gasteiger partial charge in [-0.1, -0.05) is 48.5 Å². The number of anilines is 1. The van der Waals surface area contributed by atoms with Crippen LogP contribution in [0.1, 0.15) is 12.5 Å². The van der Waals surface area contributed by atoms with Crippen LogP contribution in [0.2, 0.25) is 0 Å². The van der Waals surface area contributed by atoms with Crippen LogP contribution in [-0.2, 0) is 4.79 Å². The second-order valence-electron chi connectivity index (χ2n) is 8.18. The van der Waals surface area contributed by atoms with Crippen LogP contribution >= 0.6 is 0 Å². The highest BCUT2D eigenvalue weighted by molar-refractivity contribution is 6.10. The molecule has 0 N–H and O–H groups in total. The number of likely N-dealkylation sites (N-methyl/N-ethyl adjacent to an activating group) is 2. The van der Waals surface area contributed by atoms with E-state index in [-0.39, 0.29) is 11.9 Å². The highest BCUT2D eigenvalue weighted by atomic mass is 16.5. The lowest BCUT2D eigenvalue weighted by Crippen LogP contribution is -2.63. The average molecular weight is 444 g/mol. The third-order valence-electron chi connectivity index (χ3n) is 6.06. The molecule has 2 aromatic rings. The molecule has 33 heavy (non-hydrogen) atoms. The number of aliphatic imine (C=N–C) groups is 1. The molecule has 2 aromatic carbocycles. The number of rotatable bonds is 5. The Labute approximate surface area is 192 Å². The van der Waals surface area contributed by atoms with Gasteiger partial charge in [0.15, 0.2) is 12.2 Å². The van der Waals surface area contributed by atoms with Crippen molar-refractivity contribution in [3.8, 4) is 5.75 Å². The fourth-order valence-corrected chi connectivity index (χ4v) is 4.39. The summed E-state index contributed by atoms with van der Waals surface area (Å²) in [6, 6.07) is 16.9. The maximum atomic E-state index is 12.9. The number of allylic oxidation sites excluding steroid dienone is 1. The van der Waals surface area contributed by atoms with E-state index < -0.39 is 12.2 Å². The van der Waals surface area contributed by atoms with Crippen molar-refractivity contribution >= 4 is 29.7 Å². The van der Waals surface area contributed by atoms with Crippen molar-refractivity contribution < 1.29 is 14.3 Å². The number of guanidine groups is 1. The SMILES string of the molecule is CC1=CN2C(=NC3C2C(=O)N(C)C(=O)N3C)N1c1ccccc1OC/C=C/c1ccccc1. The van der Waals surface area contributed by atoms with Crippen molar-refractivity contribution in [1.82, 2.24) is 14.7 Å². The van der Waals surface area contributed by atoms with Crippen molar-refractivity contribution in [1.29, 1.82) is 0 Å². The van der Waals surface area contributed by atoms with Gasteiger partial charge in [-0.25, -0.2) is 9.79 Å². The second kappa shape index (κ2) is 8.12. The second-order valence-corrected chi connectivity index (χ2v) is 8.18. The fourth-order valence-electron chi connectivity index (χ4n) is 4.39. The monoisotopic (exact) mass is 443 g/mol. The first-order valence-electron chi connectivity index (χ1n) is 10.8. The van der Waals surface area contributed by atoms with Gasteiger partial charge in [-0.3, -0.25) is 14.6 Å². The molecule has 8 heteroatoms. The van der Waals surface area contributed by atoms with E-state index in [4.69, 9.17) is 9.73 Å². The zero-order valence-electron chi connectivity index (χ0n) is 18.8. The standard InChI is InChI=1S/C25H25N5O3/c1-17-16-29-21-22(27(2)25(32)28(3)23(21)31)26-24(29)30(17)19-13-7-8-14-20(19)33-15-9-12-18-10-5-4-6-11-18/h4-14,16,21-22H,15H2,1-3H3/b12-9+. The summed E-state index contributed by atoms with van der Waals surface area (Å²) in [5.41, 5.74) is 2.85. The largest absolute Gasteiger partial charge is 0.487 e. The molecule has 0 spiro atoms. The molecule has 0 bridgehead atoms. The van der Waals surface area contributed by atoms with Crippen molar-refractivity contribution in [2.45, 2.75) is 19.1 Å². The molecule has 5 rings (SSSR count). The summed E-state index contributed by atoms with van der Waals surface area (Å²) in [7, 11) is 3.18. The highest BCUT2D eigenvalue weighted by Gasteiger charge is 2.53. The quantitative estimate of drug-likeness (QED) is 0.709. The summed E-state index contributed by atoms with van der Waals surface area (Å²) in [4.78, 5) is 36.6. The first kappa shape index (κ1) is 20.8. The molecule has 0 aliphatic carbocycles. The van der Waals surface area contributed by atoms with Crippen LogP contribution in [-0.4, -0.2) is 65.5 Å². The Kier molecular flexibility index (Phi) is 5.12. The van der Waals surface area contributed by atoms with Gasteiger partial charge in [-0.2, -0.15) is 0 Å². The smallest absolute Gasteiger partial charge is 0.328 e. The summed E-state index contributed by atoms with van der Waals surface area (Å²) in [5, 5.41) is 0. The van der Waals surface area contributed by atoms with Gasteiger partial charge >= 0.3 is 6.03 Å². The molecule has 2 atom stereocenters. The third-order valence-corrected chi connectivity index (χ3v) is 6.06. The number of hydrogen-bond acceptors (Lipinski definition) is 6. The predicted octanol–water partition coefficient (Wildman–Crippen LogP) is 3.35. The van der Waals surface area contributed by atoms with Gasteiger partial charge in [0.25, 0.3) is 5.91 Å². The minimum atomic E-state index is -0.575. The number of para-hydroxylation sites is 2. The maximum absolute atomic E-state index is 12.9. The lowest BCUT2D eigenvalue weighted by atomic mass is 10.1. The van der Waals surface area contributed by atoms with E-state index in [9.17, 15) is 9.59 Å². The number of urea groups is 1. The molecule has 8 nitrogen and oxygen atoms in total. The summed E-state index contributed by atoms with van der Waals surface area (Å²) in [6.45, 7) is 2.37. The normalized spacial score (nSPS) is 22.0. The molecular weight excluding hydrogens is 418 g/mol. The number of fused-ring (bicyclic) bond motifs is 3. The van der Waals surface area contributed by atoms with Gasteiger partial charge in [0.2, 0.25) is 5.96 Å². The van der Waals surface area contributed by atoms with E-state index >= 15 is 0 Å². The van der Waals surface area contributed by atoms with Gasteiger partial charge in [0, 0.05) is 26.0 Å². The molecule has 3 aliphatic rings. The van der Waals surface area contributed by atoms with Gasteiger partial charge in [-0.15, -0.1) is 0 Å². The molecule has 168 valence electrons. The van der Waals surface area contributed by atoms with Crippen LogP contribution in [0.4, 0.5) is 10.5 Å². The highest BCUT2D eigenvalue weighted by Crippen LogP contribution is 2.39. The van der Waals surface area contributed by atoms with Crippen molar-refractivity contribution in [2.24, 2.45) is 4.99 Å². The maximum Gasteiger partial charge on any atom is 0.328 e. The molecule has 2 unspecified atom stereocenters. The Hall–Kier alpha value is -4.07. The number of nitrogens with zero attached hydrogens (tertiary/aromatic N) is 5. The van der Waals surface area contributed by atoms with E-state index in [2.05, 4.69) is 0 Å². The number of carbonyl (C=O) groups excluding carboxylic acids is 2. The summed E-state index contributed by atoms with van der Waals surface area (Å²) < 4.78 is 6.09. The third kappa shape index (κ3) is 3.44. The van der Waals surface area contributed by atoms with Gasteiger partial charge in [-0.05, 0) is 30.7 Å². The van der Waals surface area contributed by atoms with Gasteiger partial charge < -0.3 is 14.5 Å². The van der Waals surface area contributed by atoms with Gasteiger partial charge in [0.05, 0.1) is 5.69 Å². The van der Waals surface area contributed by atoms with Crippen LogP contribution < -0.4 is 9.64 Å². The fraction of sp³-hybridized carbons (Fsp3) is 0.240. The van der Waals surface area contributed by atoms with E-state index in [0.29, 0.717) is 18.3 Å². The number of amides is 3. The van der Waals surface area contributed by atoms with Gasteiger partial charge in [0.1, 0.15) is 12.4 Å². The van der Waals surface area contributed by atoms with Crippen LogP contribution in [0.3, 0.4) is 0 Å². The minimum absolute atomic E-state index is 0.261. The average Bonchev–Trinajstić information content (AvgIpc) is 3.34. The zero-order valence-corrected chi connectivity index (χ0v) is 18.8. The molecule has 1 saturated heterocycles. The predicted molar refractivity (Wildman–Crippen MR) is 126 cm³/mol. The lowest BCUT2D eigenvalue weighted by molar-refractivity contribution is -0.135. The molecule has 0 saturated carbocycles. The van der Waals surface area contributed by atoms with E-state index in [0.717, 1.165) is 21.8 Å². The number of hydrogen-bond donors (Lipinski definition) is 0. The summed E-state index contributed by atoms with van der Waals surface area (Å²) in [5.74, 6) is 1.06. The minimum Gasteiger partial charge on any atom is -0.487 e. The first-order chi connectivity index (χ1) is 16.0. The number of ether oxygens (including phenoxy) is 1. The summed E-state index contributed by atoms with van der Waals surface area (Å²) >= 11 is 0. The number of imide groups is 1. The Bertz CT molecular complexity index is 1190. The first-order valence-corrected chi connectivity index (χ1v) is 10.8. The number of carbonyl (C=O) groups is 2. The van der Waals surface area contributed by atoms with Crippen LogP contribution in [0, 0.1) is 0 Å². The molecule has 0 aromatic heterocycles. The molecule has 0 radical (unpaired) electrons. The summed E-state index contributed by atoms with van der Waals surface area (Å²) in [6.07, 6.45) is 5.34. The van der Waals surface area contributed by atoms with Crippen molar-refractivity contribution in [3.05, 3.63) is 78.1 Å².